The first-order valence-electron chi connectivity index (χ1n) is 18.7. The van der Waals surface area contributed by atoms with Gasteiger partial charge in [-0.1, -0.05) is 170 Å². The van der Waals surface area contributed by atoms with Gasteiger partial charge in [-0.2, -0.15) is 0 Å². The molecular weight excluding hydrogens is 671 g/mol. The van der Waals surface area contributed by atoms with Crippen LogP contribution in [0.5, 0.6) is 0 Å². The van der Waals surface area contributed by atoms with Crippen LogP contribution in [0.4, 0.5) is 0 Å². The van der Waals surface area contributed by atoms with Crippen LogP contribution in [0.25, 0.3) is 76.5 Å². The maximum atomic E-state index is 6.79. The maximum Gasteiger partial charge on any atom is 0.159 e. The summed E-state index contributed by atoms with van der Waals surface area (Å²) >= 11 is 0. The molecule has 1 aliphatic heterocycles. The second kappa shape index (κ2) is 12.7. The van der Waals surface area contributed by atoms with Crippen molar-refractivity contribution in [1.82, 2.24) is 5.32 Å². The zero-order valence-electron chi connectivity index (χ0n) is 29.8. The van der Waals surface area contributed by atoms with Gasteiger partial charge in [-0.05, 0) is 72.8 Å². The van der Waals surface area contributed by atoms with E-state index in [0.717, 1.165) is 66.7 Å². The number of hydrogen-bond donors (Lipinski definition) is 1. The highest BCUT2D eigenvalue weighted by Gasteiger charge is 2.22. The van der Waals surface area contributed by atoms with Crippen molar-refractivity contribution in [3.63, 3.8) is 0 Å². The second-order valence-corrected chi connectivity index (χ2v) is 14.1. The van der Waals surface area contributed by atoms with Crippen LogP contribution in [0.15, 0.2) is 202 Å². The smallest absolute Gasteiger partial charge is 0.159 e. The molecule has 0 fully saturated rings. The number of aliphatic imine (C=N–C) groups is 2. The van der Waals surface area contributed by atoms with Crippen molar-refractivity contribution in [1.29, 1.82) is 0 Å². The van der Waals surface area contributed by atoms with E-state index in [0.29, 0.717) is 5.84 Å². The number of amidine groups is 2. The highest BCUT2D eigenvalue weighted by Crippen LogP contribution is 2.43. The van der Waals surface area contributed by atoms with Crippen molar-refractivity contribution in [2.24, 2.45) is 9.98 Å². The predicted molar refractivity (Wildman–Crippen MR) is 229 cm³/mol. The summed E-state index contributed by atoms with van der Waals surface area (Å²) in [5, 5.41) is 13.4. The Morgan fingerprint density at radius 3 is 1.73 bits per heavy atom. The lowest BCUT2D eigenvalue weighted by Crippen LogP contribution is -2.33. The lowest BCUT2D eigenvalue weighted by molar-refractivity contribution is 0.670. The zero-order valence-corrected chi connectivity index (χ0v) is 29.8. The van der Waals surface area contributed by atoms with Crippen molar-refractivity contribution >= 4 is 65.9 Å². The quantitative estimate of drug-likeness (QED) is 0.181. The van der Waals surface area contributed by atoms with Gasteiger partial charge in [0.2, 0.25) is 0 Å². The normalized spacial score (nSPS) is 14.4. The number of rotatable bonds is 5. The number of hydrogen-bond acceptors (Lipinski definition) is 4. The molecule has 0 aliphatic carbocycles. The largest absolute Gasteiger partial charge is 0.455 e. The average molecular weight is 704 g/mol. The second-order valence-electron chi connectivity index (χ2n) is 14.1. The minimum Gasteiger partial charge on any atom is -0.455 e. The lowest BCUT2D eigenvalue weighted by Gasteiger charge is -2.24. The van der Waals surface area contributed by atoms with Crippen LogP contribution in [0.3, 0.4) is 0 Å². The first-order valence-corrected chi connectivity index (χ1v) is 18.7. The van der Waals surface area contributed by atoms with Gasteiger partial charge in [0.05, 0.1) is 0 Å². The molecule has 1 unspecified atom stereocenters. The highest BCUT2D eigenvalue weighted by molar-refractivity contribution is 6.26. The van der Waals surface area contributed by atoms with Crippen LogP contribution in [0.1, 0.15) is 22.9 Å². The maximum absolute atomic E-state index is 6.79. The minimum absolute atomic E-state index is 0.323. The van der Waals surface area contributed by atoms with Gasteiger partial charge in [0.25, 0.3) is 0 Å². The van der Waals surface area contributed by atoms with E-state index < -0.39 is 0 Å². The number of furan rings is 1. The van der Waals surface area contributed by atoms with E-state index in [9.17, 15) is 0 Å². The molecule has 10 aromatic rings. The SMILES string of the molecule is c1ccc(C2=NC(c3cccc(-c4cccc5oc6c(-c7ccc8c9ccccc9c9ccccc9c8c7)cccc6c45)c3)NC(c3ccccc3)=N2)cc1. The molecule has 55 heavy (non-hydrogen) atoms. The van der Waals surface area contributed by atoms with Crippen molar-refractivity contribution in [3.05, 3.63) is 205 Å². The summed E-state index contributed by atoms with van der Waals surface area (Å²) in [4.78, 5) is 10.1. The third-order valence-electron chi connectivity index (χ3n) is 10.9. The Bertz CT molecular complexity index is 3140. The van der Waals surface area contributed by atoms with Crippen LogP contribution >= 0.6 is 0 Å². The fourth-order valence-corrected chi connectivity index (χ4v) is 8.35. The Morgan fingerprint density at radius 1 is 0.418 bits per heavy atom. The number of nitrogens with one attached hydrogen (secondary N) is 1. The van der Waals surface area contributed by atoms with E-state index in [1.54, 1.807) is 0 Å². The molecule has 4 nitrogen and oxygen atoms in total. The Hall–Kier alpha value is -7.30. The van der Waals surface area contributed by atoms with Crippen LogP contribution < -0.4 is 5.32 Å². The molecule has 11 rings (SSSR count). The Balaban J connectivity index is 1.03. The average Bonchev–Trinajstić information content (AvgIpc) is 3.66. The number of fused-ring (bicyclic) bond motifs is 9. The topological polar surface area (TPSA) is 49.9 Å². The molecule has 0 bridgehead atoms. The summed E-state index contributed by atoms with van der Waals surface area (Å²) in [7, 11) is 0. The van der Waals surface area contributed by atoms with Gasteiger partial charge >= 0.3 is 0 Å². The van der Waals surface area contributed by atoms with Crippen molar-refractivity contribution in [2.45, 2.75) is 6.17 Å². The molecule has 9 aromatic carbocycles. The van der Waals surface area contributed by atoms with Crippen LogP contribution in [-0.2, 0) is 0 Å². The first kappa shape index (κ1) is 31.2. The van der Waals surface area contributed by atoms with Crippen molar-refractivity contribution in [3.8, 4) is 22.3 Å². The Labute approximate surface area is 317 Å². The minimum atomic E-state index is -0.323. The fraction of sp³-hybridized carbons (Fsp3) is 0.0196. The summed E-state index contributed by atoms with van der Waals surface area (Å²) in [6, 6.07) is 66.3. The third kappa shape index (κ3) is 5.22. The number of para-hydroxylation sites is 1. The fourth-order valence-electron chi connectivity index (χ4n) is 8.35. The van der Waals surface area contributed by atoms with Crippen molar-refractivity contribution < 1.29 is 4.42 Å². The zero-order chi connectivity index (χ0) is 36.3. The first-order chi connectivity index (χ1) is 27.3. The molecule has 2 heterocycles. The van der Waals surface area contributed by atoms with E-state index in [4.69, 9.17) is 14.4 Å². The van der Waals surface area contributed by atoms with E-state index in [-0.39, 0.29) is 6.17 Å². The molecule has 4 heteroatoms. The van der Waals surface area contributed by atoms with E-state index in [2.05, 4.69) is 157 Å². The summed E-state index contributed by atoms with van der Waals surface area (Å²) in [6.45, 7) is 0. The van der Waals surface area contributed by atoms with Gasteiger partial charge in [0, 0.05) is 27.5 Å². The molecule has 258 valence electrons. The molecule has 1 aliphatic rings. The molecule has 0 saturated carbocycles. The summed E-state index contributed by atoms with van der Waals surface area (Å²) in [5.41, 5.74) is 9.23. The summed E-state index contributed by atoms with van der Waals surface area (Å²) < 4.78 is 6.79. The standard InChI is InChI=1S/C51H33N3O/c1-3-14-32(15-4-1)49-52-50(33-16-5-2-6-17-33)54-51(53-49)36-19-11-18-34(30-36)37-24-13-27-46-47(37)44-26-12-25-38(48(44)55-46)35-28-29-43-41-22-8-7-20-39(41)40-21-9-10-23-42(40)45(43)31-35/h1-31,51H,(H,52,53,54). The van der Waals surface area contributed by atoms with Gasteiger partial charge in [-0.25, -0.2) is 9.98 Å². The van der Waals surface area contributed by atoms with E-state index >= 15 is 0 Å². The Kier molecular flexibility index (Phi) is 7.20. The summed E-state index contributed by atoms with van der Waals surface area (Å²) in [6.07, 6.45) is -0.323. The van der Waals surface area contributed by atoms with Gasteiger partial charge in [-0.3, -0.25) is 0 Å². The summed E-state index contributed by atoms with van der Waals surface area (Å²) in [5.74, 6) is 1.51. The van der Waals surface area contributed by atoms with Gasteiger partial charge in [0.15, 0.2) is 5.84 Å². The molecular formula is C51H33N3O. The molecule has 1 N–H and O–H groups in total. The molecule has 1 atom stereocenters. The molecule has 0 spiro atoms. The van der Waals surface area contributed by atoms with Crippen LogP contribution in [0.2, 0.25) is 0 Å². The van der Waals surface area contributed by atoms with E-state index in [1.807, 2.05) is 36.4 Å². The van der Waals surface area contributed by atoms with Gasteiger partial charge in [-0.15, -0.1) is 0 Å². The Morgan fingerprint density at radius 2 is 0.982 bits per heavy atom. The number of benzene rings is 9. The molecule has 1 aromatic heterocycles. The van der Waals surface area contributed by atoms with Gasteiger partial charge < -0.3 is 9.73 Å². The third-order valence-corrected chi connectivity index (χ3v) is 10.9. The van der Waals surface area contributed by atoms with E-state index in [1.165, 1.54) is 32.3 Å². The number of nitrogens with zero attached hydrogens (tertiary/aromatic N) is 2. The molecule has 0 amide bonds. The van der Waals surface area contributed by atoms with Crippen LogP contribution in [0, 0.1) is 0 Å². The van der Waals surface area contributed by atoms with Crippen LogP contribution in [-0.4, -0.2) is 11.7 Å². The predicted octanol–water partition coefficient (Wildman–Crippen LogP) is 12.9. The highest BCUT2D eigenvalue weighted by atomic mass is 16.3. The van der Waals surface area contributed by atoms with Gasteiger partial charge in [0.1, 0.15) is 23.2 Å². The lowest BCUT2D eigenvalue weighted by atomic mass is 9.91. The van der Waals surface area contributed by atoms with Crippen molar-refractivity contribution in [2.75, 3.05) is 0 Å². The monoisotopic (exact) mass is 703 g/mol. The molecule has 0 radical (unpaired) electrons. The molecule has 0 saturated heterocycles.